The Balaban J connectivity index is 2.11. The van der Waals surface area contributed by atoms with E-state index in [9.17, 15) is 14.7 Å². The molecule has 6 heteroatoms. The minimum atomic E-state index is -0.719. The molecule has 3 rings (SSSR count). The number of hydrogen-bond acceptors (Lipinski definition) is 4. The molecule has 1 aromatic carbocycles. The van der Waals surface area contributed by atoms with Crippen molar-refractivity contribution in [2.45, 2.75) is 13.0 Å². The van der Waals surface area contributed by atoms with Gasteiger partial charge in [-0.05, 0) is 19.1 Å². The van der Waals surface area contributed by atoms with Gasteiger partial charge in [-0.3, -0.25) is 9.59 Å². The van der Waals surface area contributed by atoms with Crippen LogP contribution in [0.25, 0.3) is 5.76 Å². The van der Waals surface area contributed by atoms with Gasteiger partial charge in [0, 0.05) is 5.56 Å². The second kappa shape index (κ2) is 7.17. The summed E-state index contributed by atoms with van der Waals surface area (Å²) in [4.78, 5) is 28.0. The summed E-state index contributed by atoms with van der Waals surface area (Å²) in [5, 5.41) is 10.8. The number of amides is 1. The number of carbonyl (C=O) groups excluding carboxylic acids is 2. The maximum atomic E-state index is 12.7. The molecular weight excluding hydrogens is 332 g/mol. The maximum absolute atomic E-state index is 12.7. The second-order valence-corrected chi connectivity index (χ2v) is 6.76. The predicted octanol–water partition coefficient (Wildman–Crippen LogP) is 1.15. The highest BCUT2D eigenvalue weighted by Crippen LogP contribution is 2.39. The van der Waals surface area contributed by atoms with Crippen LogP contribution in [-0.4, -0.2) is 48.9 Å². The van der Waals surface area contributed by atoms with Crippen LogP contribution < -0.4 is 4.90 Å². The van der Waals surface area contributed by atoms with Crippen molar-refractivity contribution in [3.63, 3.8) is 0 Å². The third-order valence-electron chi connectivity index (χ3n) is 4.47. The molecule has 1 aromatic heterocycles. The molecule has 2 heterocycles. The Morgan fingerprint density at radius 2 is 1.85 bits per heavy atom. The molecule has 0 radical (unpaired) electrons. The summed E-state index contributed by atoms with van der Waals surface area (Å²) in [6.07, 6.45) is 0. The van der Waals surface area contributed by atoms with E-state index in [1.807, 2.05) is 20.2 Å². The summed E-state index contributed by atoms with van der Waals surface area (Å²) in [5.41, 5.74) is 0.571. The molecule has 6 nitrogen and oxygen atoms in total. The van der Waals surface area contributed by atoms with Gasteiger partial charge in [0.25, 0.3) is 11.7 Å². The summed E-state index contributed by atoms with van der Waals surface area (Å²) in [6, 6.07) is 11.6. The summed E-state index contributed by atoms with van der Waals surface area (Å²) < 4.78 is 5.72. The minimum absolute atomic E-state index is 0.0734. The van der Waals surface area contributed by atoms with Crippen molar-refractivity contribution < 1.29 is 24.0 Å². The average molecular weight is 355 g/mol. The molecule has 1 aliphatic heterocycles. The number of hydrogen-bond donors (Lipinski definition) is 2. The van der Waals surface area contributed by atoms with Crippen LogP contribution in [0.15, 0.2) is 52.5 Å². The first-order valence-electron chi connectivity index (χ1n) is 8.59. The van der Waals surface area contributed by atoms with Crippen molar-refractivity contribution in [1.29, 1.82) is 0 Å². The fourth-order valence-corrected chi connectivity index (χ4v) is 3.10. The SMILES string of the molecule is Cc1ccc([C@H]2C(=C(O)c3ccccc3)C(=O)C(=O)N2CC[NH+](C)C)o1. The third kappa shape index (κ3) is 3.28. The quantitative estimate of drug-likeness (QED) is 0.479. The normalized spacial score (nSPS) is 19.5. The number of furan rings is 1. The number of carbonyl (C=O) groups is 2. The van der Waals surface area contributed by atoms with Crippen LogP contribution in [0.3, 0.4) is 0 Å². The molecular formula is C20H23N2O4+. The lowest BCUT2D eigenvalue weighted by Gasteiger charge is -2.23. The molecule has 1 fully saturated rings. The lowest BCUT2D eigenvalue weighted by molar-refractivity contribution is -0.857. The molecule has 0 bridgehead atoms. The zero-order valence-corrected chi connectivity index (χ0v) is 15.2. The molecule has 2 N–H and O–H groups in total. The molecule has 0 unspecified atom stereocenters. The maximum Gasteiger partial charge on any atom is 0.295 e. The first kappa shape index (κ1) is 17.9. The van der Waals surface area contributed by atoms with Crippen molar-refractivity contribution in [3.8, 4) is 0 Å². The Morgan fingerprint density at radius 3 is 2.42 bits per heavy atom. The van der Waals surface area contributed by atoms with E-state index in [-0.39, 0.29) is 11.3 Å². The topological polar surface area (TPSA) is 75.2 Å². The number of nitrogens with zero attached hydrogens (tertiary/aromatic N) is 1. The third-order valence-corrected chi connectivity index (χ3v) is 4.47. The zero-order valence-electron chi connectivity index (χ0n) is 15.2. The van der Waals surface area contributed by atoms with E-state index in [1.165, 1.54) is 4.90 Å². The minimum Gasteiger partial charge on any atom is -0.507 e. The number of rotatable bonds is 5. The van der Waals surface area contributed by atoms with Crippen molar-refractivity contribution in [1.82, 2.24) is 4.90 Å². The molecule has 26 heavy (non-hydrogen) atoms. The van der Waals surface area contributed by atoms with Gasteiger partial charge >= 0.3 is 0 Å². The fourth-order valence-electron chi connectivity index (χ4n) is 3.10. The lowest BCUT2D eigenvalue weighted by Crippen LogP contribution is -3.06. The second-order valence-electron chi connectivity index (χ2n) is 6.76. The van der Waals surface area contributed by atoms with Crippen LogP contribution in [-0.2, 0) is 9.59 Å². The van der Waals surface area contributed by atoms with E-state index >= 15 is 0 Å². The van der Waals surface area contributed by atoms with Crippen molar-refractivity contribution in [2.75, 3.05) is 27.2 Å². The van der Waals surface area contributed by atoms with E-state index in [0.29, 0.717) is 30.2 Å². The molecule has 2 aromatic rings. The van der Waals surface area contributed by atoms with Gasteiger partial charge in [0.05, 0.1) is 32.8 Å². The van der Waals surface area contributed by atoms with Crippen LogP contribution in [0.4, 0.5) is 0 Å². The van der Waals surface area contributed by atoms with Crippen molar-refractivity contribution in [3.05, 3.63) is 65.1 Å². The number of nitrogens with one attached hydrogen (secondary N) is 1. The number of likely N-dealkylation sites (tertiary alicyclic amines) is 1. The van der Waals surface area contributed by atoms with E-state index in [1.54, 1.807) is 43.3 Å². The predicted molar refractivity (Wildman–Crippen MR) is 96.6 cm³/mol. The Labute approximate surface area is 152 Å². The molecule has 0 saturated carbocycles. The van der Waals surface area contributed by atoms with E-state index in [4.69, 9.17) is 4.42 Å². The Bertz CT molecular complexity index is 852. The first-order valence-corrected chi connectivity index (χ1v) is 8.59. The summed E-state index contributed by atoms with van der Waals surface area (Å²) in [7, 11) is 3.96. The standard InChI is InChI=1S/C20H22N2O4/c1-13-9-10-15(26-13)17-16(18(23)14-7-5-4-6-8-14)19(24)20(25)22(17)12-11-21(2)3/h4-10,17,23H,11-12H2,1-3H3/p+1/t17-/m0/s1. The first-order chi connectivity index (χ1) is 12.4. The molecule has 1 aliphatic rings. The molecule has 0 aliphatic carbocycles. The number of ketones is 1. The van der Waals surface area contributed by atoms with E-state index < -0.39 is 17.7 Å². The fraction of sp³-hybridized carbons (Fsp3) is 0.300. The number of benzene rings is 1. The van der Waals surface area contributed by atoms with Crippen molar-refractivity contribution in [2.24, 2.45) is 0 Å². The van der Waals surface area contributed by atoms with Gasteiger partial charge in [0.1, 0.15) is 23.3 Å². The Kier molecular flexibility index (Phi) is 4.95. The molecule has 136 valence electrons. The van der Waals surface area contributed by atoms with Gasteiger partial charge in [0.15, 0.2) is 0 Å². The van der Waals surface area contributed by atoms with Gasteiger partial charge in [-0.1, -0.05) is 30.3 Å². The van der Waals surface area contributed by atoms with Gasteiger partial charge < -0.3 is 19.3 Å². The smallest absolute Gasteiger partial charge is 0.295 e. The molecule has 1 saturated heterocycles. The molecule has 0 spiro atoms. The van der Waals surface area contributed by atoms with Crippen molar-refractivity contribution >= 4 is 17.4 Å². The van der Waals surface area contributed by atoms with E-state index in [0.717, 1.165) is 4.90 Å². The van der Waals surface area contributed by atoms with E-state index in [2.05, 4.69) is 0 Å². The van der Waals surface area contributed by atoms with Crippen LogP contribution in [0.5, 0.6) is 0 Å². The molecule has 1 amide bonds. The Hall–Kier alpha value is -2.86. The van der Waals surface area contributed by atoms with Gasteiger partial charge in [-0.2, -0.15) is 0 Å². The highest BCUT2D eigenvalue weighted by atomic mass is 16.3. The van der Waals surface area contributed by atoms with Crippen LogP contribution in [0.1, 0.15) is 23.1 Å². The highest BCUT2D eigenvalue weighted by Gasteiger charge is 2.47. The number of aryl methyl sites for hydroxylation is 1. The number of aliphatic hydroxyl groups excluding tert-OH is 1. The number of aliphatic hydroxyl groups is 1. The zero-order chi connectivity index (χ0) is 18.8. The number of likely N-dealkylation sites (N-methyl/N-ethyl adjacent to an activating group) is 1. The largest absolute Gasteiger partial charge is 0.507 e. The van der Waals surface area contributed by atoms with Gasteiger partial charge in [-0.15, -0.1) is 0 Å². The van der Waals surface area contributed by atoms with Crippen LogP contribution in [0, 0.1) is 6.92 Å². The summed E-state index contributed by atoms with van der Waals surface area (Å²) >= 11 is 0. The summed E-state index contributed by atoms with van der Waals surface area (Å²) in [5.74, 6) is -0.305. The monoisotopic (exact) mass is 355 g/mol. The highest BCUT2D eigenvalue weighted by molar-refractivity contribution is 6.46. The van der Waals surface area contributed by atoms with Crippen LogP contribution in [0.2, 0.25) is 0 Å². The van der Waals surface area contributed by atoms with Gasteiger partial charge in [0.2, 0.25) is 0 Å². The van der Waals surface area contributed by atoms with Crippen LogP contribution >= 0.6 is 0 Å². The lowest BCUT2D eigenvalue weighted by atomic mass is 9.99. The number of quaternary nitrogens is 1. The van der Waals surface area contributed by atoms with Gasteiger partial charge in [-0.25, -0.2) is 0 Å². The molecule has 1 atom stereocenters. The summed E-state index contributed by atoms with van der Waals surface area (Å²) in [6.45, 7) is 2.87. The Morgan fingerprint density at radius 1 is 1.15 bits per heavy atom. The number of Topliss-reactive ketones (excluding diaryl/α,β-unsaturated/α-hetero) is 1. The average Bonchev–Trinajstić information content (AvgIpc) is 3.15.